The summed E-state index contributed by atoms with van der Waals surface area (Å²) in [5.74, 6) is 0.222. The number of rotatable bonds is 5. The van der Waals surface area contributed by atoms with Gasteiger partial charge in [-0.15, -0.1) is 15.0 Å². The molecule has 0 aliphatic heterocycles. The molecule has 0 saturated heterocycles. The first kappa shape index (κ1) is 29.0. The highest BCUT2D eigenvalue weighted by Crippen LogP contribution is 2.44. The minimum absolute atomic E-state index is 0.102. The van der Waals surface area contributed by atoms with Crippen LogP contribution >= 0.6 is 0 Å². The summed E-state index contributed by atoms with van der Waals surface area (Å²) in [7, 11) is 0. The summed E-state index contributed by atoms with van der Waals surface area (Å²) in [5.41, 5.74) is 6.91. The largest absolute Gasteiger partial charge is 0.505 e. The number of aromatic amines is 1. The van der Waals surface area contributed by atoms with Gasteiger partial charge in [-0.1, -0.05) is 109 Å². The molecule has 0 fully saturated rings. The summed E-state index contributed by atoms with van der Waals surface area (Å²) in [5, 5.41) is 31.3. The van der Waals surface area contributed by atoms with Gasteiger partial charge in [0.05, 0.1) is 0 Å². The summed E-state index contributed by atoms with van der Waals surface area (Å²) in [6.07, 6.45) is 1.00. The van der Waals surface area contributed by atoms with Crippen molar-refractivity contribution in [2.24, 2.45) is 5.41 Å². The molecule has 2 heterocycles. The first-order valence-corrected chi connectivity index (χ1v) is 14.4. The van der Waals surface area contributed by atoms with Gasteiger partial charge in [0, 0.05) is 11.0 Å². The monoisotopic (exact) mass is 560 g/mol. The molecule has 0 amide bonds. The van der Waals surface area contributed by atoms with Crippen LogP contribution in [0.15, 0.2) is 91.0 Å². The molecule has 0 spiro atoms. The van der Waals surface area contributed by atoms with E-state index in [0.29, 0.717) is 5.69 Å². The van der Waals surface area contributed by atoms with Crippen LogP contribution in [0.1, 0.15) is 71.6 Å². The standard InChI is InChI=1S/C29H35N3O.C6H5N3/c1-27(2,3)19-28(4,5)21-17-22(29(6,7)20-13-9-8-10-14-20)26(33)25(18-21)32-30-23-15-11-12-16-24(23)31-32;1-2-4-6-5(3-1)7-9-8-6/h8-18,33H,19H2,1-7H3;1-4H,(H,7,8,9). The SMILES string of the molecule is CC(C)(C)CC(C)(C)c1cc(-n2nc3ccccc3n2)c(O)c(C(C)(C)c2ccccc2)c1.c1ccc2n[nH]nc2c1. The highest BCUT2D eigenvalue weighted by molar-refractivity contribution is 5.74. The zero-order valence-corrected chi connectivity index (χ0v) is 25.6. The summed E-state index contributed by atoms with van der Waals surface area (Å²) in [6, 6.07) is 30.1. The molecule has 6 rings (SSSR count). The fourth-order valence-corrected chi connectivity index (χ4v) is 5.83. The molecule has 6 aromatic rings. The van der Waals surface area contributed by atoms with Crippen LogP contribution in [0.5, 0.6) is 5.75 Å². The number of phenols is 1. The summed E-state index contributed by atoms with van der Waals surface area (Å²) in [4.78, 5) is 1.58. The smallest absolute Gasteiger partial charge is 0.147 e. The van der Waals surface area contributed by atoms with E-state index in [9.17, 15) is 5.11 Å². The van der Waals surface area contributed by atoms with E-state index in [1.807, 2.05) is 66.7 Å². The maximum atomic E-state index is 11.6. The number of nitrogens with one attached hydrogen (secondary N) is 1. The number of nitrogens with zero attached hydrogens (tertiary/aromatic N) is 5. The number of hydrogen-bond acceptors (Lipinski definition) is 5. The number of phenolic OH excluding ortho intramolecular Hbond substituents is 1. The van der Waals surface area contributed by atoms with Crippen LogP contribution in [0.4, 0.5) is 0 Å². The minimum Gasteiger partial charge on any atom is -0.505 e. The van der Waals surface area contributed by atoms with Gasteiger partial charge in [0.15, 0.2) is 0 Å². The molecule has 0 bridgehead atoms. The predicted octanol–water partition coefficient (Wildman–Crippen LogP) is 8.12. The number of aromatic hydroxyl groups is 1. The van der Waals surface area contributed by atoms with Crippen LogP contribution in [0.3, 0.4) is 0 Å². The van der Waals surface area contributed by atoms with Crippen LogP contribution in [0.2, 0.25) is 0 Å². The van der Waals surface area contributed by atoms with Crippen molar-refractivity contribution in [2.75, 3.05) is 0 Å². The Hall–Kier alpha value is -4.52. The second-order valence-electron chi connectivity index (χ2n) is 13.3. The third-order valence-corrected chi connectivity index (χ3v) is 7.74. The third kappa shape index (κ3) is 6.05. The molecule has 0 atom stereocenters. The fourth-order valence-electron chi connectivity index (χ4n) is 5.83. The van der Waals surface area contributed by atoms with Crippen molar-refractivity contribution in [3.05, 3.63) is 108 Å². The van der Waals surface area contributed by atoms with E-state index in [2.05, 4.69) is 98.3 Å². The molecule has 7 nitrogen and oxygen atoms in total. The normalized spacial score (nSPS) is 12.4. The predicted molar refractivity (Wildman–Crippen MR) is 170 cm³/mol. The number of benzene rings is 4. The van der Waals surface area contributed by atoms with E-state index in [4.69, 9.17) is 0 Å². The lowest BCUT2D eigenvalue weighted by Crippen LogP contribution is -2.27. The molecule has 0 saturated carbocycles. The van der Waals surface area contributed by atoms with Crippen molar-refractivity contribution in [1.29, 1.82) is 0 Å². The Bertz CT molecular complexity index is 1750. The van der Waals surface area contributed by atoms with Crippen molar-refractivity contribution >= 4 is 22.1 Å². The lowest BCUT2D eigenvalue weighted by atomic mass is 9.70. The van der Waals surface area contributed by atoms with Crippen molar-refractivity contribution < 1.29 is 5.11 Å². The Morgan fingerprint density at radius 1 is 0.643 bits per heavy atom. The Morgan fingerprint density at radius 3 is 1.67 bits per heavy atom. The molecule has 0 aliphatic rings. The van der Waals surface area contributed by atoms with Crippen molar-refractivity contribution in [3.63, 3.8) is 0 Å². The van der Waals surface area contributed by atoms with Crippen LogP contribution in [-0.4, -0.2) is 35.5 Å². The van der Waals surface area contributed by atoms with Gasteiger partial charge in [-0.25, -0.2) is 0 Å². The quantitative estimate of drug-likeness (QED) is 0.222. The maximum absolute atomic E-state index is 11.6. The molecular weight excluding hydrogens is 520 g/mol. The van der Waals surface area contributed by atoms with Gasteiger partial charge >= 0.3 is 0 Å². The molecule has 0 aliphatic carbocycles. The first-order chi connectivity index (χ1) is 19.8. The van der Waals surface area contributed by atoms with Gasteiger partial charge in [0.2, 0.25) is 0 Å². The number of H-pyrrole nitrogens is 1. The maximum Gasteiger partial charge on any atom is 0.147 e. The number of fused-ring (bicyclic) bond motifs is 2. The average molecular weight is 561 g/mol. The lowest BCUT2D eigenvalue weighted by molar-refractivity contribution is 0.283. The molecule has 2 N–H and O–H groups in total. The molecule has 216 valence electrons. The number of hydrogen-bond donors (Lipinski definition) is 2. The van der Waals surface area contributed by atoms with E-state index in [1.54, 1.807) is 4.80 Å². The van der Waals surface area contributed by atoms with Gasteiger partial charge in [0.1, 0.15) is 33.5 Å². The Balaban J connectivity index is 0.000000330. The van der Waals surface area contributed by atoms with Crippen LogP contribution in [-0.2, 0) is 10.8 Å². The fraction of sp³-hybridized carbons (Fsp3) is 0.314. The summed E-state index contributed by atoms with van der Waals surface area (Å²) < 4.78 is 0. The van der Waals surface area contributed by atoms with Crippen molar-refractivity contribution in [3.8, 4) is 11.4 Å². The van der Waals surface area contributed by atoms with E-state index >= 15 is 0 Å². The molecule has 7 heteroatoms. The minimum atomic E-state index is -0.402. The number of para-hydroxylation sites is 2. The average Bonchev–Trinajstić information content (AvgIpc) is 3.60. The van der Waals surface area contributed by atoms with Crippen molar-refractivity contribution in [2.45, 2.75) is 65.7 Å². The van der Waals surface area contributed by atoms with E-state index < -0.39 is 5.41 Å². The lowest BCUT2D eigenvalue weighted by Gasteiger charge is -2.35. The molecule has 4 aromatic carbocycles. The van der Waals surface area contributed by atoms with Crippen LogP contribution in [0, 0.1) is 5.41 Å². The van der Waals surface area contributed by atoms with Crippen molar-refractivity contribution in [1.82, 2.24) is 30.4 Å². The van der Waals surface area contributed by atoms with Gasteiger partial charge in [-0.05, 0) is 58.7 Å². The zero-order valence-electron chi connectivity index (χ0n) is 25.6. The molecule has 2 aromatic heterocycles. The highest BCUT2D eigenvalue weighted by atomic mass is 16.3. The topological polar surface area (TPSA) is 92.5 Å². The second kappa shape index (κ2) is 11.0. The van der Waals surface area contributed by atoms with E-state index in [1.165, 1.54) is 5.56 Å². The molecule has 0 unspecified atom stereocenters. The Kier molecular flexibility index (Phi) is 7.62. The Labute approximate surface area is 247 Å². The van der Waals surface area contributed by atoms with E-state index in [0.717, 1.165) is 39.6 Å². The second-order valence-corrected chi connectivity index (χ2v) is 13.3. The van der Waals surface area contributed by atoms with Gasteiger partial charge in [-0.3, -0.25) is 0 Å². The zero-order chi connectivity index (χ0) is 30.1. The first-order valence-electron chi connectivity index (χ1n) is 14.4. The van der Waals surface area contributed by atoms with Gasteiger partial charge < -0.3 is 5.11 Å². The third-order valence-electron chi connectivity index (χ3n) is 7.74. The van der Waals surface area contributed by atoms with Crippen LogP contribution in [0.25, 0.3) is 27.8 Å². The Morgan fingerprint density at radius 2 is 1.14 bits per heavy atom. The molecular formula is C35H40N6O. The van der Waals surface area contributed by atoms with Gasteiger partial charge in [-0.2, -0.15) is 15.4 Å². The summed E-state index contributed by atoms with van der Waals surface area (Å²) >= 11 is 0. The summed E-state index contributed by atoms with van der Waals surface area (Å²) in [6.45, 7) is 15.7. The molecule has 42 heavy (non-hydrogen) atoms. The van der Waals surface area contributed by atoms with Gasteiger partial charge in [0.25, 0.3) is 0 Å². The number of aromatic nitrogens is 6. The van der Waals surface area contributed by atoms with Crippen LogP contribution < -0.4 is 0 Å². The highest BCUT2D eigenvalue weighted by Gasteiger charge is 2.33. The molecule has 0 radical (unpaired) electrons. The van der Waals surface area contributed by atoms with E-state index in [-0.39, 0.29) is 16.6 Å².